The molecule has 0 aliphatic carbocycles. The SMILES string of the molecule is COC(C)CS. The van der Waals surface area contributed by atoms with Gasteiger partial charge in [-0.15, -0.1) is 0 Å². The van der Waals surface area contributed by atoms with Gasteiger partial charge in [0.25, 0.3) is 0 Å². The minimum Gasteiger partial charge on any atom is -0.381 e. The number of rotatable bonds is 2. The van der Waals surface area contributed by atoms with Crippen molar-refractivity contribution < 1.29 is 4.74 Å². The van der Waals surface area contributed by atoms with Crippen LogP contribution in [0.4, 0.5) is 0 Å². The van der Waals surface area contributed by atoms with E-state index in [2.05, 4.69) is 12.6 Å². The first-order valence-electron chi connectivity index (χ1n) is 1.95. The van der Waals surface area contributed by atoms with E-state index < -0.39 is 0 Å². The van der Waals surface area contributed by atoms with Gasteiger partial charge in [-0.3, -0.25) is 0 Å². The number of hydrogen-bond acceptors (Lipinski definition) is 2. The quantitative estimate of drug-likeness (QED) is 0.516. The third-order valence-corrected chi connectivity index (χ3v) is 1.17. The van der Waals surface area contributed by atoms with Gasteiger partial charge >= 0.3 is 0 Å². The van der Waals surface area contributed by atoms with Crippen LogP contribution in [0.25, 0.3) is 0 Å². The lowest BCUT2D eigenvalue weighted by Crippen LogP contribution is -2.04. The topological polar surface area (TPSA) is 9.23 Å². The van der Waals surface area contributed by atoms with E-state index in [1.165, 1.54) is 0 Å². The van der Waals surface area contributed by atoms with Crippen LogP contribution < -0.4 is 0 Å². The van der Waals surface area contributed by atoms with Gasteiger partial charge in [0.1, 0.15) is 0 Å². The molecule has 0 bridgehead atoms. The Morgan fingerprint density at radius 1 is 1.83 bits per heavy atom. The highest BCUT2D eigenvalue weighted by Gasteiger charge is 1.89. The molecule has 0 heterocycles. The van der Waals surface area contributed by atoms with Crippen molar-refractivity contribution in [2.45, 2.75) is 13.0 Å². The van der Waals surface area contributed by atoms with Crippen LogP contribution in [-0.4, -0.2) is 19.0 Å². The summed E-state index contributed by atoms with van der Waals surface area (Å²) in [6.07, 6.45) is 0.299. The lowest BCUT2D eigenvalue weighted by atomic mass is 10.5. The molecule has 38 valence electrons. The first kappa shape index (κ1) is 6.31. The largest absolute Gasteiger partial charge is 0.381 e. The zero-order chi connectivity index (χ0) is 4.99. The van der Waals surface area contributed by atoms with E-state index in [9.17, 15) is 0 Å². The van der Waals surface area contributed by atoms with Crippen LogP contribution in [0, 0.1) is 0 Å². The number of hydrogen-bond donors (Lipinski definition) is 1. The first-order chi connectivity index (χ1) is 2.81. The zero-order valence-corrected chi connectivity index (χ0v) is 5.03. The van der Waals surface area contributed by atoms with Crippen molar-refractivity contribution in [3.8, 4) is 0 Å². The molecule has 1 nitrogen and oxygen atoms in total. The van der Waals surface area contributed by atoms with Crippen LogP contribution in [0.15, 0.2) is 0 Å². The Hall–Kier alpha value is 0.310. The molecule has 2 heteroatoms. The van der Waals surface area contributed by atoms with Gasteiger partial charge in [-0.1, -0.05) is 0 Å². The van der Waals surface area contributed by atoms with Gasteiger partial charge < -0.3 is 4.74 Å². The summed E-state index contributed by atoms with van der Waals surface area (Å²) in [6, 6.07) is 0. The highest BCUT2D eigenvalue weighted by Crippen LogP contribution is 1.87. The monoisotopic (exact) mass is 106 g/mol. The van der Waals surface area contributed by atoms with E-state index in [0.29, 0.717) is 6.10 Å². The van der Waals surface area contributed by atoms with Crippen LogP contribution in [0.5, 0.6) is 0 Å². The fourth-order valence-electron chi connectivity index (χ4n) is 0.0745. The fraction of sp³-hybridized carbons (Fsp3) is 1.00. The van der Waals surface area contributed by atoms with E-state index in [1.54, 1.807) is 7.11 Å². The fourth-order valence-corrected chi connectivity index (χ4v) is 0.224. The predicted octanol–water partition coefficient (Wildman–Crippen LogP) is 0.951. The van der Waals surface area contributed by atoms with Gasteiger partial charge in [-0.05, 0) is 6.92 Å². The lowest BCUT2D eigenvalue weighted by molar-refractivity contribution is 0.138. The summed E-state index contributed by atoms with van der Waals surface area (Å²) in [6.45, 7) is 1.98. The summed E-state index contributed by atoms with van der Waals surface area (Å²) >= 11 is 3.97. The van der Waals surface area contributed by atoms with Gasteiger partial charge in [0.2, 0.25) is 0 Å². The summed E-state index contributed by atoms with van der Waals surface area (Å²) in [4.78, 5) is 0. The molecule has 0 saturated carbocycles. The van der Waals surface area contributed by atoms with Crippen molar-refractivity contribution in [1.82, 2.24) is 0 Å². The molecule has 0 amide bonds. The summed E-state index contributed by atoms with van der Waals surface area (Å²) < 4.78 is 4.82. The molecule has 0 aromatic carbocycles. The van der Waals surface area contributed by atoms with Crippen molar-refractivity contribution in [3.63, 3.8) is 0 Å². The molecule has 0 rings (SSSR count). The maximum Gasteiger partial charge on any atom is 0.0631 e. The summed E-state index contributed by atoms with van der Waals surface area (Å²) in [5.74, 6) is 0.802. The minimum absolute atomic E-state index is 0.299. The zero-order valence-electron chi connectivity index (χ0n) is 4.14. The number of methoxy groups -OCH3 is 1. The molecule has 0 aliphatic heterocycles. The molecule has 0 aromatic rings. The maximum atomic E-state index is 4.82. The van der Waals surface area contributed by atoms with E-state index in [4.69, 9.17) is 4.74 Å². The van der Waals surface area contributed by atoms with Gasteiger partial charge in [0, 0.05) is 12.9 Å². The predicted molar refractivity (Wildman–Crippen MR) is 30.3 cm³/mol. The van der Waals surface area contributed by atoms with E-state index >= 15 is 0 Å². The molecular weight excluding hydrogens is 96.1 g/mol. The van der Waals surface area contributed by atoms with Crippen LogP contribution in [0.3, 0.4) is 0 Å². The molecule has 0 N–H and O–H groups in total. The van der Waals surface area contributed by atoms with Crippen molar-refractivity contribution in [2.75, 3.05) is 12.9 Å². The van der Waals surface area contributed by atoms with Gasteiger partial charge in [-0.2, -0.15) is 12.6 Å². The second-order valence-corrected chi connectivity index (χ2v) is 1.59. The molecule has 0 radical (unpaired) electrons. The molecule has 1 unspecified atom stereocenters. The van der Waals surface area contributed by atoms with Gasteiger partial charge in [0.15, 0.2) is 0 Å². The van der Waals surface area contributed by atoms with Crippen molar-refractivity contribution in [2.24, 2.45) is 0 Å². The highest BCUT2D eigenvalue weighted by molar-refractivity contribution is 7.80. The minimum atomic E-state index is 0.299. The molecule has 0 aromatic heterocycles. The molecule has 6 heavy (non-hydrogen) atoms. The second-order valence-electron chi connectivity index (χ2n) is 1.23. The average molecular weight is 106 g/mol. The van der Waals surface area contributed by atoms with E-state index in [1.807, 2.05) is 6.92 Å². The van der Waals surface area contributed by atoms with Crippen LogP contribution >= 0.6 is 12.6 Å². The Morgan fingerprint density at radius 2 is 2.33 bits per heavy atom. The molecule has 1 atom stereocenters. The maximum absolute atomic E-state index is 4.82. The number of thiol groups is 1. The summed E-state index contributed by atoms with van der Waals surface area (Å²) in [5, 5.41) is 0. The Bertz CT molecular complexity index is 26.7. The van der Waals surface area contributed by atoms with Crippen LogP contribution in [0.2, 0.25) is 0 Å². The third-order valence-electron chi connectivity index (χ3n) is 0.659. The van der Waals surface area contributed by atoms with Crippen molar-refractivity contribution >= 4 is 12.6 Å². The third kappa shape index (κ3) is 2.54. The lowest BCUT2D eigenvalue weighted by Gasteiger charge is -2.00. The van der Waals surface area contributed by atoms with Crippen LogP contribution in [-0.2, 0) is 4.74 Å². The molecule has 0 saturated heterocycles. The van der Waals surface area contributed by atoms with Crippen molar-refractivity contribution in [3.05, 3.63) is 0 Å². The highest BCUT2D eigenvalue weighted by atomic mass is 32.1. The van der Waals surface area contributed by atoms with Crippen LogP contribution in [0.1, 0.15) is 6.92 Å². The summed E-state index contributed by atoms with van der Waals surface area (Å²) in [7, 11) is 1.68. The smallest absolute Gasteiger partial charge is 0.0631 e. The average Bonchev–Trinajstić information content (AvgIpc) is 1.65. The molecule has 0 aliphatic rings. The molecule has 0 spiro atoms. The van der Waals surface area contributed by atoms with Gasteiger partial charge in [-0.25, -0.2) is 0 Å². The molecular formula is C4H10OS. The molecule has 0 fully saturated rings. The summed E-state index contributed by atoms with van der Waals surface area (Å²) in [5.41, 5.74) is 0. The Labute approximate surface area is 44.1 Å². The standard InChI is InChI=1S/C4H10OS/c1-4(3-6)5-2/h4,6H,3H2,1-2H3. The first-order valence-corrected chi connectivity index (χ1v) is 2.58. The van der Waals surface area contributed by atoms with E-state index in [0.717, 1.165) is 5.75 Å². The van der Waals surface area contributed by atoms with Gasteiger partial charge in [0.05, 0.1) is 6.10 Å². The Morgan fingerprint density at radius 3 is 2.33 bits per heavy atom. The van der Waals surface area contributed by atoms with E-state index in [-0.39, 0.29) is 0 Å². The Kier molecular flexibility index (Phi) is 3.68. The van der Waals surface area contributed by atoms with Crippen molar-refractivity contribution in [1.29, 1.82) is 0 Å². The normalized spacial score (nSPS) is 14.5. The number of ether oxygens (including phenoxy) is 1. The second kappa shape index (κ2) is 3.50. The Balaban J connectivity index is 2.75.